The van der Waals surface area contributed by atoms with Crippen LogP contribution in [0, 0.1) is 0 Å². The SMILES string of the molecule is NC(=O)CCN(Cc1ccccc1)C(=O)CCC(=O)OCCCc1ccccc1. The Kier molecular flexibility index (Phi) is 9.42. The highest BCUT2D eigenvalue weighted by Gasteiger charge is 2.17. The molecule has 0 saturated heterocycles. The number of hydrogen-bond donors (Lipinski definition) is 1. The van der Waals surface area contributed by atoms with E-state index in [1.165, 1.54) is 5.56 Å². The van der Waals surface area contributed by atoms with Crippen LogP contribution < -0.4 is 5.73 Å². The molecule has 2 aromatic rings. The number of nitrogens with zero attached hydrogens (tertiary/aromatic N) is 1. The number of esters is 1. The molecule has 6 nitrogen and oxygen atoms in total. The van der Waals surface area contributed by atoms with Crippen molar-refractivity contribution >= 4 is 17.8 Å². The molecule has 154 valence electrons. The number of primary amides is 1. The van der Waals surface area contributed by atoms with Crippen LogP contribution in [0.15, 0.2) is 60.7 Å². The maximum absolute atomic E-state index is 12.5. The Morgan fingerprint density at radius 1 is 0.828 bits per heavy atom. The molecule has 0 fully saturated rings. The van der Waals surface area contributed by atoms with Gasteiger partial charge in [-0.2, -0.15) is 0 Å². The van der Waals surface area contributed by atoms with Crippen molar-refractivity contribution in [2.24, 2.45) is 5.73 Å². The summed E-state index contributed by atoms with van der Waals surface area (Å²) < 4.78 is 5.23. The zero-order valence-corrected chi connectivity index (χ0v) is 16.6. The van der Waals surface area contributed by atoms with Crippen molar-refractivity contribution in [1.82, 2.24) is 4.90 Å². The van der Waals surface area contributed by atoms with Gasteiger partial charge in [-0.25, -0.2) is 0 Å². The van der Waals surface area contributed by atoms with Gasteiger partial charge in [0.2, 0.25) is 11.8 Å². The van der Waals surface area contributed by atoms with Crippen molar-refractivity contribution in [3.8, 4) is 0 Å². The fourth-order valence-electron chi connectivity index (χ4n) is 2.89. The summed E-state index contributed by atoms with van der Waals surface area (Å²) in [5, 5.41) is 0. The van der Waals surface area contributed by atoms with Gasteiger partial charge in [-0.05, 0) is 24.0 Å². The summed E-state index contributed by atoms with van der Waals surface area (Å²) in [5.41, 5.74) is 7.37. The second kappa shape index (κ2) is 12.3. The summed E-state index contributed by atoms with van der Waals surface area (Å²) >= 11 is 0. The van der Waals surface area contributed by atoms with Gasteiger partial charge in [-0.15, -0.1) is 0 Å². The molecule has 0 aliphatic rings. The lowest BCUT2D eigenvalue weighted by molar-refractivity contribution is -0.146. The molecular formula is C23H28N2O4. The molecule has 2 aromatic carbocycles. The van der Waals surface area contributed by atoms with Crippen LogP contribution in [0.3, 0.4) is 0 Å². The molecule has 29 heavy (non-hydrogen) atoms. The summed E-state index contributed by atoms with van der Waals surface area (Å²) in [5.74, 6) is -1.05. The van der Waals surface area contributed by atoms with Crippen LogP contribution >= 0.6 is 0 Å². The summed E-state index contributed by atoms with van der Waals surface area (Å²) in [4.78, 5) is 37.1. The molecule has 0 aliphatic carbocycles. The second-order valence-electron chi connectivity index (χ2n) is 6.83. The average molecular weight is 396 g/mol. The maximum atomic E-state index is 12.5. The van der Waals surface area contributed by atoms with Crippen molar-refractivity contribution in [3.05, 3.63) is 71.8 Å². The first-order valence-corrected chi connectivity index (χ1v) is 9.84. The molecule has 2 amide bonds. The molecule has 0 spiro atoms. The van der Waals surface area contributed by atoms with Crippen LogP contribution in [0.25, 0.3) is 0 Å². The third-order valence-electron chi connectivity index (χ3n) is 4.46. The first-order valence-electron chi connectivity index (χ1n) is 9.84. The second-order valence-corrected chi connectivity index (χ2v) is 6.83. The first kappa shape index (κ1) is 22.1. The van der Waals surface area contributed by atoms with E-state index in [0.717, 1.165) is 18.4 Å². The number of benzene rings is 2. The van der Waals surface area contributed by atoms with Gasteiger partial charge < -0.3 is 15.4 Å². The van der Waals surface area contributed by atoms with E-state index < -0.39 is 5.91 Å². The van der Waals surface area contributed by atoms with Crippen LogP contribution in [0.4, 0.5) is 0 Å². The quantitative estimate of drug-likeness (QED) is 0.441. The molecule has 0 unspecified atom stereocenters. The Labute approximate surface area is 171 Å². The molecule has 0 atom stereocenters. The van der Waals surface area contributed by atoms with Crippen LogP contribution in [-0.4, -0.2) is 35.8 Å². The highest BCUT2D eigenvalue weighted by molar-refractivity contribution is 5.82. The van der Waals surface area contributed by atoms with E-state index in [2.05, 4.69) is 0 Å². The van der Waals surface area contributed by atoms with Crippen LogP contribution in [0.5, 0.6) is 0 Å². The number of carbonyl (C=O) groups is 3. The summed E-state index contributed by atoms with van der Waals surface area (Å²) in [6.07, 6.45) is 1.73. The predicted molar refractivity (Wildman–Crippen MR) is 111 cm³/mol. The molecule has 0 aromatic heterocycles. The van der Waals surface area contributed by atoms with Crippen molar-refractivity contribution in [1.29, 1.82) is 0 Å². The standard InChI is InChI=1S/C23H28N2O4/c24-21(26)15-16-25(18-20-10-5-2-6-11-20)22(27)13-14-23(28)29-17-7-12-19-8-3-1-4-9-19/h1-6,8-11H,7,12-18H2,(H2,24,26). The molecule has 0 saturated carbocycles. The van der Waals surface area contributed by atoms with E-state index in [9.17, 15) is 14.4 Å². The highest BCUT2D eigenvalue weighted by atomic mass is 16.5. The van der Waals surface area contributed by atoms with Gasteiger partial charge in [0.25, 0.3) is 0 Å². The number of rotatable bonds is 12. The highest BCUT2D eigenvalue weighted by Crippen LogP contribution is 2.09. The number of carbonyl (C=O) groups excluding carboxylic acids is 3. The maximum Gasteiger partial charge on any atom is 0.306 e. The topological polar surface area (TPSA) is 89.7 Å². The lowest BCUT2D eigenvalue weighted by Gasteiger charge is -2.22. The van der Waals surface area contributed by atoms with E-state index in [-0.39, 0.29) is 37.7 Å². The van der Waals surface area contributed by atoms with Crippen LogP contribution in [0.1, 0.15) is 36.8 Å². The van der Waals surface area contributed by atoms with Crippen molar-refractivity contribution in [2.45, 2.75) is 38.6 Å². The largest absolute Gasteiger partial charge is 0.466 e. The molecule has 0 aliphatic heterocycles. The van der Waals surface area contributed by atoms with E-state index in [1.807, 2.05) is 60.7 Å². The predicted octanol–water partition coefficient (Wildman–Crippen LogP) is 2.85. The lowest BCUT2D eigenvalue weighted by Crippen LogP contribution is -2.33. The number of amides is 2. The van der Waals surface area contributed by atoms with Gasteiger partial charge in [0.1, 0.15) is 0 Å². The zero-order chi connectivity index (χ0) is 20.9. The minimum Gasteiger partial charge on any atom is -0.466 e. The molecule has 0 heterocycles. The summed E-state index contributed by atoms with van der Waals surface area (Å²) in [6, 6.07) is 19.5. The summed E-state index contributed by atoms with van der Waals surface area (Å²) in [6.45, 7) is 0.936. The van der Waals surface area contributed by atoms with Crippen LogP contribution in [0.2, 0.25) is 0 Å². The molecule has 6 heteroatoms. The molecular weight excluding hydrogens is 368 g/mol. The number of hydrogen-bond acceptors (Lipinski definition) is 4. The third-order valence-corrected chi connectivity index (χ3v) is 4.46. The fourth-order valence-corrected chi connectivity index (χ4v) is 2.89. The van der Waals surface area contributed by atoms with E-state index in [4.69, 9.17) is 10.5 Å². The van der Waals surface area contributed by atoms with Gasteiger partial charge >= 0.3 is 5.97 Å². The van der Waals surface area contributed by atoms with E-state index >= 15 is 0 Å². The Bertz CT molecular complexity index is 778. The van der Waals surface area contributed by atoms with Gasteiger partial charge in [0.15, 0.2) is 0 Å². The number of nitrogens with two attached hydrogens (primary N) is 1. The van der Waals surface area contributed by atoms with Gasteiger partial charge in [-0.1, -0.05) is 60.7 Å². The fraction of sp³-hybridized carbons (Fsp3) is 0.348. The Morgan fingerprint density at radius 2 is 1.45 bits per heavy atom. The van der Waals surface area contributed by atoms with E-state index in [0.29, 0.717) is 13.2 Å². The third kappa shape index (κ3) is 9.06. The first-order chi connectivity index (χ1) is 14.0. The molecule has 0 bridgehead atoms. The van der Waals surface area contributed by atoms with E-state index in [1.54, 1.807) is 4.90 Å². The van der Waals surface area contributed by atoms with Gasteiger partial charge in [0, 0.05) is 25.9 Å². The lowest BCUT2D eigenvalue weighted by atomic mass is 10.1. The van der Waals surface area contributed by atoms with Crippen molar-refractivity contribution in [3.63, 3.8) is 0 Å². The minimum atomic E-state index is -0.464. The minimum absolute atomic E-state index is 0.0199. The number of aryl methyl sites for hydroxylation is 1. The zero-order valence-electron chi connectivity index (χ0n) is 16.6. The molecule has 2 N–H and O–H groups in total. The Hall–Kier alpha value is -3.15. The Balaban J connectivity index is 1.73. The molecule has 2 rings (SSSR count). The normalized spacial score (nSPS) is 10.3. The van der Waals surface area contributed by atoms with Gasteiger partial charge in [-0.3, -0.25) is 14.4 Å². The average Bonchev–Trinajstić information content (AvgIpc) is 2.74. The smallest absolute Gasteiger partial charge is 0.306 e. The molecule has 0 radical (unpaired) electrons. The summed E-state index contributed by atoms with van der Waals surface area (Å²) in [7, 11) is 0. The van der Waals surface area contributed by atoms with Gasteiger partial charge in [0.05, 0.1) is 13.0 Å². The van der Waals surface area contributed by atoms with Crippen LogP contribution in [-0.2, 0) is 32.1 Å². The van der Waals surface area contributed by atoms with Crippen molar-refractivity contribution in [2.75, 3.05) is 13.2 Å². The monoisotopic (exact) mass is 396 g/mol. The van der Waals surface area contributed by atoms with Crippen molar-refractivity contribution < 1.29 is 19.1 Å². The number of ether oxygens (including phenoxy) is 1. The Morgan fingerprint density at radius 3 is 2.07 bits per heavy atom.